The van der Waals surface area contributed by atoms with Crippen LogP contribution in [0.3, 0.4) is 0 Å². The van der Waals surface area contributed by atoms with Crippen molar-refractivity contribution < 1.29 is 9.90 Å². The quantitative estimate of drug-likeness (QED) is 0.700. The Bertz CT molecular complexity index is 366. The number of nitrogens with one attached hydrogen (secondary N) is 1. The summed E-state index contributed by atoms with van der Waals surface area (Å²) in [5.41, 5.74) is 1.29. The molecule has 0 aliphatic heterocycles. The third-order valence-electron chi connectivity index (χ3n) is 1.72. The van der Waals surface area contributed by atoms with Gasteiger partial charge in [0.05, 0.1) is 13.0 Å². The van der Waals surface area contributed by atoms with Crippen LogP contribution in [-0.2, 0) is 11.4 Å². The van der Waals surface area contributed by atoms with Crippen molar-refractivity contribution in [3.8, 4) is 12.3 Å². The maximum Gasteiger partial charge on any atom is 0.236 e. The molecular formula is C11H11NO2. The normalized spacial score (nSPS) is 9.14. The molecule has 1 rings (SSSR count). The third-order valence-corrected chi connectivity index (χ3v) is 1.72. The monoisotopic (exact) mass is 189 g/mol. The second kappa shape index (κ2) is 5.05. The van der Waals surface area contributed by atoms with Crippen LogP contribution in [0.2, 0.25) is 0 Å². The van der Waals surface area contributed by atoms with E-state index in [1.165, 1.54) is 0 Å². The van der Waals surface area contributed by atoms with Gasteiger partial charge in [-0.1, -0.05) is 24.1 Å². The number of carbonyl (C=O) groups excluding carboxylic acids is 1. The van der Waals surface area contributed by atoms with Gasteiger partial charge in [0, 0.05) is 11.3 Å². The molecule has 0 radical (unpaired) electrons. The molecule has 0 aromatic heterocycles. The number of benzene rings is 1. The van der Waals surface area contributed by atoms with Crippen molar-refractivity contribution >= 4 is 11.6 Å². The van der Waals surface area contributed by atoms with Gasteiger partial charge in [-0.3, -0.25) is 4.79 Å². The van der Waals surface area contributed by atoms with Crippen LogP contribution in [-0.4, -0.2) is 11.0 Å². The van der Waals surface area contributed by atoms with Gasteiger partial charge in [-0.15, -0.1) is 6.42 Å². The van der Waals surface area contributed by atoms with Crippen molar-refractivity contribution in [2.24, 2.45) is 0 Å². The molecule has 1 amide bonds. The first-order valence-electron chi connectivity index (χ1n) is 4.20. The summed E-state index contributed by atoms with van der Waals surface area (Å²) in [5, 5.41) is 11.6. The molecule has 0 bridgehead atoms. The van der Waals surface area contributed by atoms with E-state index in [9.17, 15) is 4.79 Å². The summed E-state index contributed by atoms with van der Waals surface area (Å²) in [6.45, 7) is -0.105. The Balaban J connectivity index is 2.76. The molecule has 0 spiro atoms. The highest BCUT2D eigenvalue weighted by Crippen LogP contribution is 2.14. The molecule has 2 N–H and O–H groups in total. The Morgan fingerprint density at radius 2 is 2.21 bits per heavy atom. The maximum absolute atomic E-state index is 11.1. The van der Waals surface area contributed by atoms with Crippen LogP contribution >= 0.6 is 0 Å². The van der Waals surface area contributed by atoms with Gasteiger partial charge in [-0.25, -0.2) is 0 Å². The molecule has 14 heavy (non-hydrogen) atoms. The van der Waals surface area contributed by atoms with Crippen LogP contribution in [0.15, 0.2) is 24.3 Å². The Morgan fingerprint density at radius 3 is 2.86 bits per heavy atom. The number of amides is 1. The Kier molecular flexibility index (Phi) is 3.71. The fourth-order valence-corrected chi connectivity index (χ4v) is 1.07. The van der Waals surface area contributed by atoms with Crippen LogP contribution in [0, 0.1) is 12.3 Å². The van der Waals surface area contributed by atoms with Crippen LogP contribution in [0.1, 0.15) is 12.0 Å². The average Bonchev–Trinajstić information content (AvgIpc) is 2.19. The van der Waals surface area contributed by atoms with E-state index in [2.05, 4.69) is 11.2 Å². The van der Waals surface area contributed by atoms with E-state index in [4.69, 9.17) is 11.5 Å². The van der Waals surface area contributed by atoms with E-state index in [0.29, 0.717) is 11.3 Å². The Labute approximate surface area is 82.8 Å². The Hall–Kier alpha value is -1.79. The van der Waals surface area contributed by atoms with Crippen molar-refractivity contribution in [2.75, 3.05) is 5.32 Å². The molecule has 3 nitrogen and oxygen atoms in total. The minimum Gasteiger partial charge on any atom is -0.392 e. The third kappa shape index (κ3) is 2.61. The topological polar surface area (TPSA) is 49.3 Å². The maximum atomic E-state index is 11.1. The van der Waals surface area contributed by atoms with E-state index >= 15 is 0 Å². The van der Waals surface area contributed by atoms with Gasteiger partial charge in [0.15, 0.2) is 0 Å². The highest BCUT2D eigenvalue weighted by Gasteiger charge is 2.03. The molecule has 72 valence electrons. The number of para-hydroxylation sites is 1. The molecule has 0 fully saturated rings. The number of rotatable bonds is 3. The lowest BCUT2D eigenvalue weighted by molar-refractivity contribution is -0.115. The van der Waals surface area contributed by atoms with Gasteiger partial charge < -0.3 is 10.4 Å². The number of carbonyl (C=O) groups is 1. The fourth-order valence-electron chi connectivity index (χ4n) is 1.07. The van der Waals surface area contributed by atoms with Gasteiger partial charge >= 0.3 is 0 Å². The predicted molar refractivity (Wildman–Crippen MR) is 54.4 cm³/mol. The summed E-state index contributed by atoms with van der Waals surface area (Å²) >= 11 is 0. The molecule has 0 aliphatic carbocycles. The molecule has 0 saturated heterocycles. The lowest BCUT2D eigenvalue weighted by Crippen LogP contribution is -2.11. The molecule has 3 heteroatoms. The highest BCUT2D eigenvalue weighted by atomic mass is 16.3. The minimum absolute atomic E-state index is 0.0414. The molecule has 0 atom stereocenters. The first-order chi connectivity index (χ1) is 6.77. The molecule has 0 aliphatic rings. The highest BCUT2D eigenvalue weighted by molar-refractivity contribution is 5.92. The molecule has 0 saturated carbocycles. The zero-order valence-electron chi connectivity index (χ0n) is 7.66. The molecule has 0 heterocycles. The lowest BCUT2D eigenvalue weighted by Gasteiger charge is -2.07. The number of terminal acetylenes is 1. The molecule has 1 aromatic carbocycles. The fraction of sp³-hybridized carbons (Fsp3) is 0.182. The summed E-state index contributed by atoms with van der Waals surface area (Å²) in [6.07, 6.45) is 5.03. The number of hydrogen-bond acceptors (Lipinski definition) is 2. The average molecular weight is 189 g/mol. The number of aliphatic hydroxyl groups is 1. The van der Waals surface area contributed by atoms with Crippen LogP contribution in [0.5, 0.6) is 0 Å². The van der Waals surface area contributed by atoms with E-state index in [1.807, 2.05) is 0 Å². The van der Waals surface area contributed by atoms with Crippen molar-refractivity contribution in [1.29, 1.82) is 0 Å². The first-order valence-corrected chi connectivity index (χ1v) is 4.20. The summed E-state index contributed by atoms with van der Waals surface area (Å²) in [6, 6.07) is 7.04. The van der Waals surface area contributed by atoms with Crippen molar-refractivity contribution in [3.63, 3.8) is 0 Å². The predicted octanol–water partition coefficient (Wildman–Crippen LogP) is 1.14. The van der Waals surface area contributed by atoms with Gasteiger partial charge in [0.25, 0.3) is 0 Å². The number of hydrogen-bond donors (Lipinski definition) is 2. The smallest absolute Gasteiger partial charge is 0.236 e. The van der Waals surface area contributed by atoms with E-state index in [0.717, 1.165) is 0 Å². The molecule has 0 unspecified atom stereocenters. The van der Waals surface area contributed by atoms with Crippen LogP contribution in [0.4, 0.5) is 5.69 Å². The summed E-state index contributed by atoms with van der Waals surface area (Å²) in [7, 11) is 0. The number of aliphatic hydroxyl groups excluding tert-OH is 1. The van der Waals surface area contributed by atoms with Crippen LogP contribution < -0.4 is 5.32 Å². The van der Waals surface area contributed by atoms with Gasteiger partial charge in [-0.2, -0.15) is 0 Å². The standard InChI is InChI=1S/C11H11NO2/c1-2-5-11(14)12-10-7-4-3-6-9(10)8-13/h1,3-4,6-7,13H,5,8H2,(H,12,14). The first kappa shape index (κ1) is 10.3. The van der Waals surface area contributed by atoms with Crippen molar-refractivity contribution in [2.45, 2.75) is 13.0 Å². The molecular weight excluding hydrogens is 178 g/mol. The van der Waals surface area contributed by atoms with Crippen molar-refractivity contribution in [1.82, 2.24) is 0 Å². The van der Waals surface area contributed by atoms with Gasteiger partial charge in [0.1, 0.15) is 0 Å². The van der Waals surface area contributed by atoms with Crippen LogP contribution in [0.25, 0.3) is 0 Å². The zero-order chi connectivity index (χ0) is 10.4. The summed E-state index contributed by atoms with van der Waals surface area (Å²) in [4.78, 5) is 11.1. The second-order valence-corrected chi connectivity index (χ2v) is 2.74. The van der Waals surface area contributed by atoms with E-state index < -0.39 is 0 Å². The van der Waals surface area contributed by atoms with Gasteiger partial charge in [-0.05, 0) is 6.07 Å². The zero-order valence-corrected chi connectivity index (χ0v) is 7.66. The van der Waals surface area contributed by atoms with Crippen molar-refractivity contribution in [3.05, 3.63) is 29.8 Å². The van der Waals surface area contributed by atoms with Gasteiger partial charge in [0.2, 0.25) is 5.91 Å². The lowest BCUT2D eigenvalue weighted by atomic mass is 10.2. The second-order valence-electron chi connectivity index (χ2n) is 2.74. The summed E-state index contributed by atoms with van der Waals surface area (Å²) < 4.78 is 0. The summed E-state index contributed by atoms with van der Waals surface area (Å²) in [5.74, 6) is 2.01. The Morgan fingerprint density at radius 1 is 1.50 bits per heavy atom. The largest absolute Gasteiger partial charge is 0.392 e. The molecule has 1 aromatic rings. The van der Waals surface area contributed by atoms with E-state index in [1.54, 1.807) is 24.3 Å². The SMILES string of the molecule is C#CCC(=O)Nc1ccccc1CO. The van der Waals surface area contributed by atoms with E-state index in [-0.39, 0.29) is 18.9 Å². The number of anilines is 1. The minimum atomic E-state index is -0.242.